The number of aromatic amines is 1. The maximum Gasteiger partial charge on any atom is 0.148 e. The largest absolute Gasteiger partial charge is 0.372 e. The zero-order valence-electron chi connectivity index (χ0n) is 9.57. The normalized spacial score (nSPS) is 10.6. The molecule has 0 spiro atoms. The van der Waals surface area contributed by atoms with E-state index >= 15 is 0 Å². The number of hydrogen-bond donors (Lipinski definition) is 2. The Morgan fingerprint density at radius 2 is 1.88 bits per heavy atom. The number of hydrogen-bond acceptors (Lipinski definition) is 2. The second-order valence-corrected chi connectivity index (χ2v) is 3.94. The lowest BCUT2D eigenvalue weighted by Gasteiger charge is -2.03. The highest BCUT2D eigenvalue weighted by atomic mass is 15.2. The van der Waals surface area contributed by atoms with Gasteiger partial charge in [0, 0.05) is 18.7 Å². The van der Waals surface area contributed by atoms with Crippen LogP contribution in [0.5, 0.6) is 0 Å². The molecule has 1 heterocycles. The number of fused-ring (bicyclic) bond motifs is 1. The summed E-state index contributed by atoms with van der Waals surface area (Å²) in [6, 6.07) is 16.7. The Morgan fingerprint density at radius 3 is 2.71 bits per heavy atom. The number of H-pyrrole nitrogens is 1. The third kappa shape index (κ3) is 1.65. The average Bonchev–Trinajstić information content (AvgIpc) is 2.87. The molecular formula is C14H13N3. The zero-order valence-corrected chi connectivity index (χ0v) is 9.57. The zero-order chi connectivity index (χ0) is 11.7. The molecule has 3 nitrogen and oxygen atoms in total. The van der Waals surface area contributed by atoms with Gasteiger partial charge in [-0.25, -0.2) is 0 Å². The second kappa shape index (κ2) is 3.94. The van der Waals surface area contributed by atoms with E-state index in [4.69, 9.17) is 0 Å². The van der Waals surface area contributed by atoms with Crippen molar-refractivity contribution in [3.8, 4) is 11.3 Å². The summed E-state index contributed by atoms with van der Waals surface area (Å²) in [4.78, 5) is 0. The molecule has 3 rings (SSSR count). The first-order chi connectivity index (χ1) is 8.38. The van der Waals surface area contributed by atoms with Gasteiger partial charge in [-0.2, -0.15) is 5.10 Å². The van der Waals surface area contributed by atoms with Crippen molar-refractivity contribution in [2.24, 2.45) is 0 Å². The Labute approximate surface area is 99.5 Å². The maximum absolute atomic E-state index is 4.18. The third-order valence-electron chi connectivity index (χ3n) is 2.91. The van der Waals surface area contributed by atoms with Crippen LogP contribution in [0.25, 0.3) is 22.0 Å². The highest BCUT2D eigenvalue weighted by Crippen LogP contribution is 2.28. The SMILES string of the molecule is CNc1cc(-c2cccc3ccccc23)[nH]n1. The topological polar surface area (TPSA) is 40.7 Å². The molecule has 17 heavy (non-hydrogen) atoms. The minimum Gasteiger partial charge on any atom is -0.372 e. The first-order valence-corrected chi connectivity index (χ1v) is 5.60. The van der Waals surface area contributed by atoms with E-state index in [1.165, 1.54) is 16.3 Å². The van der Waals surface area contributed by atoms with Crippen molar-refractivity contribution >= 4 is 16.6 Å². The Morgan fingerprint density at radius 1 is 1.06 bits per heavy atom. The third-order valence-corrected chi connectivity index (χ3v) is 2.91. The maximum atomic E-state index is 4.18. The van der Waals surface area contributed by atoms with Gasteiger partial charge in [-0.05, 0) is 10.8 Å². The van der Waals surface area contributed by atoms with E-state index in [1.807, 2.05) is 13.1 Å². The molecule has 3 heteroatoms. The molecule has 1 aromatic heterocycles. The molecule has 0 fully saturated rings. The van der Waals surface area contributed by atoms with Crippen molar-refractivity contribution in [3.05, 3.63) is 48.5 Å². The molecule has 0 radical (unpaired) electrons. The highest BCUT2D eigenvalue weighted by Gasteiger charge is 2.05. The fraction of sp³-hybridized carbons (Fsp3) is 0.0714. The average molecular weight is 223 g/mol. The predicted molar refractivity (Wildman–Crippen MR) is 71.1 cm³/mol. The summed E-state index contributed by atoms with van der Waals surface area (Å²) in [6.45, 7) is 0. The van der Waals surface area contributed by atoms with Gasteiger partial charge in [-0.1, -0.05) is 42.5 Å². The van der Waals surface area contributed by atoms with E-state index in [1.54, 1.807) is 0 Å². The molecule has 2 N–H and O–H groups in total. The molecule has 0 amide bonds. The number of nitrogens with zero attached hydrogens (tertiary/aromatic N) is 1. The van der Waals surface area contributed by atoms with Gasteiger partial charge in [0.2, 0.25) is 0 Å². The molecule has 0 aliphatic rings. The van der Waals surface area contributed by atoms with Gasteiger partial charge in [0.15, 0.2) is 0 Å². The van der Waals surface area contributed by atoms with Crippen molar-refractivity contribution in [1.29, 1.82) is 0 Å². The Balaban J connectivity index is 2.23. The lowest BCUT2D eigenvalue weighted by molar-refractivity contribution is 1.09. The molecule has 2 aromatic carbocycles. The van der Waals surface area contributed by atoms with Crippen LogP contribution in [0.3, 0.4) is 0 Å². The summed E-state index contributed by atoms with van der Waals surface area (Å²) in [5.74, 6) is 0.855. The molecule has 0 saturated carbocycles. The Hall–Kier alpha value is -2.29. The van der Waals surface area contributed by atoms with Crippen LogP contribution in [0.2, 0.25) is 0 Å². The van der Waals surface area contributed by atoms with Crippen LogP contribution in [-0.2, 0) is 0 Å². The van der Waals surface area contributed by atoms with Crippen LogP contribution < -0.4 is 5.32 Å². The van der Waals surface area contributed by atoms with E-state index in [0.717, 1.165) is 11.5 Å². The number of anilines is 1. The van der Waals surface area contributed by atoms with E-state index in [0.29, 0.717) is 0 Å². The lowest BCUT2D eigenvalue weighted by Crippen LogP contribution is -1.85. The van der Waals surface area contributed by atoms with Crippen LogP contribution in [-0.4, -0.2) is 17.2 Å². The van der Waals surface area contributed by atoms with Gasteiger partial charge in [0.25, 0.3) is 0 Å². The first kappa shape index (κ1) is 9.90. The van der Waals surface area contributed by atoms with Crippen molar-refractivity contribution in [2.75, 3.05) is 12.4 Å². The first-order valence-electron chi connectivity index (χ1n) is 5.60. The summed E-state index contributed by atoms with van der Waals surface area (Å²) in [6.07, 6.45) is 0. The van der Waals surface area contributed by atoms with Gasteiger partial charge in [-0.3, -0.25) is 5.10 Å². The fourth-order valence-electron chi connectivity index (χ4n) is 2.05. The molecule has 0 aliphatic heterocycles. The smallest absolute Gasteiger partial charge is 0.148 e. The molecule has 0 unspecified atom stereocenters. The summed E-state index contributed by atoms with van der Waals surface area (Å²) >= 11 is 0. The summed E-state index contributed by atoms with van der Waals surface area (Å²) in [7, 11) is 1.86. The molecular weight excluding hydrogens is 210 g/mol. The standard InChI is InChI=1S/C14H13N3/c1-15-14-9-13(16-17-14)12-8-4-6-10-5-2-3-7-11(10)12/h2-9H,1H3,(H2,15,16,17). The van der Waals surface area contributed by atoms with Crippen LogP contribution >= 0.6 is 0 Å². The van der Waals surface area contributed by atoms with E-state index < -0.39 is 0 Å². The van der Waals surface area contributed by atoms with Crippen molar-refractivity contribution in [2.45, 2.75) is 0 Å². The fourth-order valence-corrected chi connectivity index (χ4v) is 2.05. The molecule has 84 valence electrons. The second-order valence-electron chi connectivity index (χ2n) is 3.94. The molecule has 0 saturated heterocycles. The number of rotatable bonds is 2. The van der Waals surface area contributed by atoms with Crippen LogP contribution in [0, 0.1) is 0 Å². The van der Waals surface area contributed by atoms with Crippen LogP contribution in [0.1, 0.15) is 0 Å². The van der Waals surface area contributed by atoms with Gasteiger partial charge in [-0.15, -0.1) is 0 Å². The van der Waals surface area contributed by atoms with Crippen molar-refractivity contribution < 1.29 is 0 Å². The molecule has 0 atom stereocenters. The van der Waals surface area contributed by atoms with Gasteiger partial charge in [0.05, 0.1) is 5.69 Å². The quantitative estimate of drug-likeness (QED) is 0.700. The highest BCUT2D eigenvalue weighted by molar-refractivity contribution is 5.96. The van der Waals surface area contributed by atoms with Crippen LogP contribution in [0.15, 0.2) is 48.5 Å². The van der Waals surface area contributed by atoms with Crippen molar-refractivity contribution in [1.82, 2.24) is 10.2 Å². The summed E-state index contributed by atoms with van der Waals surface area (Å²) < 4.78 is 0. The molecule has 3 aromatic rings. The van der Waals surface area contributed by atoms with Gasteiger partial charge in [0.1, 0.15) is 5.82 Å². The molecule has 0 bridgehead atoms. The Kier molecular flexibility index (Phi) is 2.29. The minimum atomic E-state index is 0.855. The number of benzene rings is 2. The van der Waals surface area contributed by atoms with E-state index in [2.05, 4.69) is 58.0 Å². The Bertz CT molecular complexity index is 650. The minimum absolute atomic E-state index is 0.855. The summed E-state index contributed by atoms with van der Waals surface area (Å²) in [5, 5.41) is 12.7. The molecule has 0 aliphatic carbocycles. The van der Waals surface area contributed by atoms with E-state index in [-0.39, 0.29) is 0 Å². The van der Waals surface area contributed by atoms with Crippen LogP contribution in [0.4, 0.5) is 5.82 Å². The van der Waals surface area contributed by atoms with Crippen molar-refractivity contribution in [3.63, 3.8) is 0 Å². The van der Waals surface area contributed by atoms with Gasteiger partial charge < -0.3 is 5.32 Å². The summed E-state index contributed by atoms with van der Waals surface area (Å²) in [5.41, 5.74) is 2.21. The number of nitrogens with one attached hydrogen (secondary N) is 2. The monoisotopic (exact) mass is 223 g/mol. The van der Waals surface area contributed by atoms with E-state index in [9.17, 15) is 0 Å². The predicted octanol–water partition coefficient (Wildman–Crippen LogP) is 3.27. The number of aromatic nitrogens is 2. The van der Waals surface area contributed by atoms with Gasteiger partial charge >= 0.3 is 0 Å². The lowest BCUT2D eigenvalue weighted by atomic mass is 10.0.